The predicted molar refractivity (Wildman–Crippen MR) is 65.3 cm³/mol. The molecule has 1 aromatic carbocycles. The van der Waals surface area contributed by atoms with E-state index in [2.05, 4.69) is 0 Å². The largest absolute Gasteiger partial charge is 0.492 e. The molecule has 0 aromatic heterocycles. The van der Waals surface area contributed by atoms with Crippen LogP contribution in [-0.2, 0) is 9.53 Å². The summed E-state index contributed by atoms with van der Waals surface area (Å²) in [4.78, 5) is 13.4. The van der Waals surface area contributed by atoms with E-state index in [9.17, 15) is 4.79 Å². The summed E-state index contributed by atoms with van der Waals surface area (Å²) in [5, 5.41) is 8.87. The lowest BCUT2D eigenvalue weighted by Crippen LogP contribution is -2.46. The van der Waals surface area contributed by atoms with Crippen LogP contribution in [0.5, 0.6) is 5.75 Å². The van der Waals surface area contributed by atoms with Gasteiger partial charge in [-0.2, -0.15) is 5.26 Å². The summed E-state index contributed by atoms with van der Waals surface area (Å²) >= 11 is 0. The maximum atomic E-state index is 11.8. The molecule has 2 rings (SSSR count). The van der Waals surface area contributed by atoms with E-state index < -0.39 is 6.10 Å². The molecule has 0 aliphatic carbocycles. The standard InChI is InChI=1S/C13H14N2O3/c1-2-17-12-6-4-3-5-11(12)15-8-10(7-14)18-9-13(15)16/h3-6,10H,2,8-9H2,1H3. The van der Waals surface area contributed by atoms with Gasteiger partial charge in [0.25, 0.3) is 5.91 Å². The number of amides is 1. The summed E-state index contributed by atoms with van der Waals surface area (Å²) in [6.45, 7) is 2.57. The average molecular weight is 246 g/mol. The Kier molecular flexibility index (Phi) is 3.80. The van der Waals surface area contributed by atoms with Crippen LogP contribution in [-0.4, -0.2) is 31.8 Å². The number of anilines is 1. The zero-order valence-corrected chi connectivity index (χ0v) is 10.1. The molecule has 1 aliphatic rings. The molecule has 1 heterocycles. The number of benzene rings is 1. The number of carbonyl (C=O) groups is 1. The Hall–Kier alpha value is -2.06. The van der Waals surface area contributed by atoms with Crippen LogP contribution in [0.25, 0.3) is 0 Å². The first-order chi connectivity index (χ1) is 8.76. The molecular formula is C13H14N2O3. The van der Waals surface area contributed by atoms with Crippen LogP contribution in [0.2, 0.25) is 0 Å². The summed E-state index contributed by atoms with van der Waals surface area (Å²) < 4.78 is 10.6. The Labute approximate surface area is 106 Å². The number of carbonyl (C=O) groups excluding carboxylic acids is 1. The highest BCUT2D eigenvalue weighted by atomic mass is 16.5. The fourth-order valence-corrected chi connectivity index (χ4v) is 1.84. The molecular weight excluding hydrogens is 232 g/mol. The highest BCUT2D eigenvalue weighted by Gasteiger charge is 2.28. The first-order valence-corrected chi connectivity index (χ1v) is 5.79. The van der Waals surface area contributed by atoms with E-state index in [1.165, 1.54) is 0 Å². The smallest absolute Gasteiger partial charge is 0.253 e. The van der Waals surface area contributed by atoms with E-state index in [-0.39, 0.29) is 19.1 Å². The Morgan fingerprint density at radius 3 is 3.06 bits per heavy atom. The monoisotopic (exact) mass is 246 g/mol. The second kappa shape index (κ2) is 5.52. The number of para-hydroxylation sites is 2. The van der Waals surface area contributed by atoms with Gasteiger partial charge in [-0.1, -0.05) is 12.1 Å². The van der Waals surface area contributed by atoms with E-state index in [0.717, 1.165) is 0 Å². The molecule has 1 amide bonds. The number of hydrogen-bond donors (Lipinski definition) is 0. The van der Waals surface area contributed by atoms with Gasteiger partial charge in [-0.3, -0.25) is 4.79 Å². The lowest BCUT2D eigenvalue weighted by molar-refractivity contribution is -0.127. The van der Waals surface area contributed by atoms with E-state index in [4.69, 9.17) is 14.7 Å². The van der Waals surface area contributed by atoms with Crippen molar-refractivity contribution in [3.63, 3.8) is 0 Å². The fourth-order valence-electron chi connectivity index (χ4n) is 1.84. The molecule has 1 fully saturated rings. The van der Waals surface area contributed by atoms with Crippen molar-refractivity contribution in [1.82, 2.24) is 0 Å². The second-order valence-corrected chi connectivity index (χ2v) is 3.83. The van der Waals surface area contributed by atoms with Crippen LogP contribution in [0.1, 0.15) is 6.92 Å². The van der Waals surface area contributed by atoms with Gasteiger partial charge < -0.3 is 14.4 Å². The summed E-state index contributed by atoms with van der Waals surface area (Å²) in [5.74, 6) is 0.487. The third-order valence-corrected chi connectivity index (χ3v) is 2.66. The van der Waals surface area contributed by atoms with Gasteiger partial charge in [0.05, 0.1) is 24.9 Å². The molecule has 1 saturated heterocycles. The molecule has 1 unspecified atom stereocenters. The van der Waals surface area contributed by atoms with E-state index >= 15 is 0 Å². The maximum Gasteiger partial charge on any atom is 0.253 e. The number of nitriles is 1. The molecule has 0 radical (unpaired) electrons. The summed E-state index contributed by atoms with van der Waals surface area (Å²) in [7, 11) is 0. The van der Waals surface area contributed by atoms with Crippen molar-refractivity contribution >= 4 is 11.6 Å². The van der Waals surface area contributed by atoms with Crippen molar-refractivity contribution in [2.75, 3.05) is 24.7 Å². The normalized spacial score (nSPS) is 19.4. The summed E-state index contributed by atoms with van der Waals surface area (Å²) in [6, 6.07) is 9.32. The number of ether oxygens (including phenoxy) is 2. The number of morpholine rings is 1. The van der Waals surface area contributed by atoms with Gasteiger partial charge in [-0.15, -0.1) is 0 Å². The molecule has 0 spiro atoms. The van der Waals surface area contributed by atoms with Crippen LogP contribution in [0, 0.1) is 11.3 Å². The van der Waals surface area contributed by atoms with Gasteiger partial charge in [-0.05, 0) is 19.1 Å². The van der Waals surface area contributed by atoms with Crippen LogP contribution >= 0.6 is 0 Å². The van der Waals surface area contributed by atoms with Crippen molar-refractivity contribution in [2.24, 2.45) is 0 Å². The van der Waals surface area contributed by atoms with Crippen LogP contribution in [0.4, 0.5) is 5.69 Å². The molecule has 1 atom stereocenters. The first kappa shape index (κ1) is 12.4. The maximum absolute atomic E-state index is 11.8. The Bertz CT molecular complexity index is 481. The number of rotatable bonds is 3. The zero-order chi connectivity index (χ0) is 13.0. The topological polar surface area (TPSA) is 62.6 Å². The molecule has 0 saturated carbocycles. The Balaban J connectivity index is 2.29. The predicted octanol–water partition coefficient (Wildman–Crippen LogP) is 1.34. The van der Waals surface area contributed by atoms with Gasteiger partial charge in [-0.25, -0.2) is 0 Å². The number of nitrogens with zero attached hydrogens (tertiary/aromatic N) is 2. The Morgan fingerprint density at radius 1 is 1.56 bits per heavy atom. The minimum atomic E-state index is -0.586. The highest BCUT2D eigenvalue weighted by molar-refractivity contribution is 5.96. The van der Waals surface area contributed by atoms with E-state index in [0.29, 0.717) is 18.0 Å². The average Bonchev–Trinajstić information content (AvgIpc) is 2.41. The van der Waals surface area contributed by atoms with Crippen LogP contribution in [0.3, 0.4) is 0 Å². The fraction of sp³-hybridized carbons (Fsp3) is 0.385. The Morgan fingerprint density at radius 2 is 2.33 bits per heavy atom. The quantitative estimate of drug-likeness (QED) is 0.807. The molecule has 5 nitrogen and oxygen atoms in total. The third-order valence-electron chi connectivity index (χ3n) is 2.66. The molecule has 1 aliphatic heterocycles. The lowest BCUT2D eigenvalue weighted by atomic mass is 10.2. The second-order valence-electron chi connectivity index (χ2n) is 3.83. The zero-order valence-electron chi connectivity index (χ0n) is 10.1. The molecule has 5 heteroatoms. The van der Waals surface area contributed by atoms with Gasteiger partial charge in [0.15, 0.2) is 6.10 Å². The van der Waals surface area contributed by atoms with Gasteiger partial charge in [0.2, 0.25) is 0 Å². The molecule has 0 bridgehead atoms. The molecule has 1 aromatic rings. The van der Waals surface area contributed by atoms with Crippen molar-refractivity contribution < 1.29 is 14.3 Å². The van der Waals surface area contributed by atoms with Crippen LogP contribution in [0.15, 0.2) is 24.3 Å². The van der Waals surface area contributed by atoms with Crippen molar-refractivity contribution in [3.8, 4) is 11.8 Å². The van der Waals surface area contributed by atoms with Crippen molar-refractivity contribution in [1.29, 1.82) is 5.26 Å². The number of hydrogen-bond acceptors (Lipinski definition) is 4. The van der Waals surface area contributed by atoms with E-state index in [1.807, 2.05) is 37.3 Å². The summed E-state index contributed by atoms with van der Waals surface area (Å²) in [6.07, 6.45) is -0.586. The SMILES string of the molecule is CCOc1ccccc1N1CC(C#N)OCC1=O. The molecule has 0 N–H and O–H groups in total. The van der Waals surface area contributed by atoms with Crippen LogP contribution < -0.4 is 9.64 Å². The van der Waals surface area contributed by atoms with Gasteiger partial charge in [0.1, 0.15) is 12.4 Å². The molecule has 18 heavy (non-hydrogen) atoms. The third kappa shape index (κ3) is 2.44. The minimum Gasteiger partial charge on any atom is -0.492 e. The summed E-state index contributed by atoms with van der Waals surface area (Å²) in [5.41, 5.74) is 0.688. The van der Waals surface area contributed by atoms with E-state index in [1.54, 1.807) is 4.90 Å². The van der Waals surface area contributed by atoms with Gasteiger partial charge >= 0.3 is 0 Å². The lowest BCUT2D eigenvalue weighted by Gasteiger charge is -2.30. The van der Waals surface area contributed by atoms with Crippen molar-refractivity contribution in [3.05, 3.63) is 24.3 Å². The molecule has 94 valence electrons. The van der Waals surface area contributed by atoms with Crippen molar-refractivity contribution in [2.45, 2.75) is 13.0 Å². The minimum absolute atomic E-state index is 0.0707. The first-order valence-electron chi connectivity index (χ1n) is 5.79. The van der Waals surface area contributed by atoms with Gasteiger partial charge in [0, 0.05) is 0 Å². The highest BCUT2D eigenvalue weighted by Crippen LogP contribution is 2.29.